The number of anilines is 3. The number of hydrogen-bond acceptors (Lipinski definition) is 9. The lowest BCUT2D eigenvalue weighted by molar-refractivity contribution is -0.383. The first-order valence-electron chi connectivity index (χ1n) is 10.3. The first-order chi connectivity index (χ1) is 14.7. The highest BCUT2D eigenvalue weighted by molar-refractivity contribution is 5.70. The maximum atomic E-state index is 11.9. The van der Waals surface area contributed by atoms with Crippen LogP contribution in [0.25, 0.3) is 0 Å². The van der Waals surface area contributed by atoms with Crippen LogP contribution >= 0.6 is 0 Å². The molecule has 2 fully saturated rings. The number of nitrogens with one attached hydrogen (secondary N) is 1. The number of hydrogen-bond donors (Lipinski definition) is 1. The van der Waals surface area contributed by atoms with Gasteiger partial charge in [-0.05, 0) is 12.1 Å². The number of aromatic nitrogens is 2. The van der Waals surface area contributed by atoms with Crippen molar-refractivity contribution in [1.29, 1.82) is 0 Å². The summed E-state index contributed by atoms with van der Waals surface area (Å²) < 4.78 is 5.35. The van der Waals surface area contributed by atoms with Gasteiger partial charge in [-0.2, -0.15) is 0 Å². The van der Waals surface area contributed by atoms with Crippen LogP contribution < -0.4 is 15.1 Å². The standard InChI is InChI=1S/C20H27N7O3/c28-27(29)18-19(21-6-7-24-12-14-30-15-13-24)22-16-23-20(18)26-10-8-25(9-11-26)17-4-2-1-3-5-17/h1-5,16H,6-15H2,(H,21,22,23). The van der Waals surface area contributed by atoms with Gasteiger partial charge in [-0.15, -0.1) is 0 Å². The summed E-state index contributed by atoms with van der Waals surface area (Å²) in [5.41, 5.74) is 1.12. The highest BCUT2D eigenvalue weighted by Gasteiger charge is 2.29. The van der Waals surface area contributed by atoms with E-state index < -0.39 is 0 Å². The third-order valence-electron chi connectivity index (χ3n) is 5.51. The molecule has 1 N–H and O–H groups in total. The molecule has 0 atom stereocenters. The first kappa shape index (κ1) is 20.3. The van der Waals surface area contributed by atoms with Gasteiger partial charge >= 0.3 is 5.69 Å². The fourth-order valence-electron chi connectivity index (χ4n) is 3.87. The van der Waals surface area contributed by atoms with E-state index in [0.29, 0.717) is 25.5 Å². The van der Waals surface area contributed by atoms with E-state index in [4.69, 9.17) is 4.74 Å². The Morgan fingerprint density at radius 3 is 2.40 bits per heavy atom. The highest BCUT2D eigenvalue weighted by atomic mass is 16.6. The molecule has 1 aromatic heterocycles. The minimum atomic E-state index is -0.379. The van der Waals surface area contributed by atoms with Crippen LogP contribution in [0.15, 0.2) is 36.7 Å². The molecule has 2 aliphatic heterocycles. The minimum absolute atomic E-state index is 0.0485. The van der Waals surface area contributed by atoms with Crippen LogP contribution in [-0.2, 0) is 4.74 Å². The predicted molar refractivity (Wildman–Crippen MR) is 115 cm³/mol. The first-order valence-corrected chi connectivity index (χ1v) is 10.3. The van der Waals surface area contributed by atoms with Crippen molar-refractivity contribution in [3.05, 3.63) is 46.8 Å². The van der Waals surface area contributed by atoms with Crippen molar-refractivity contribution in [2.45, 2.75) is 0 Å². The van der Waals surface area contributed by atoms with Crippen LogP contribution in [0, 0.1) is 10.1 Å². The summed E-state index contributed by atoms with van der Waals surface area (Å²) in [5.74, 6) is 0.667. The molecule has 0 spiro atoms. The zero-order chi connectivity index (χ0) is 20.8. The van der Waals surface area contributed by atoms with Crippen molar-refractivity contribution in [2.24, 2.45) is 0 Å². The Hall–Kier alpha value is -2.98. The number of piperazine rings is 1. The van der Waals surface area contributed by atoms with E-state index in [1.807, 2.05) is 23.1 Å². The summed E-state index contributed by atoms with van der Waals surface area (Å²) in [7, 11) is 0. The van der Waals surface area contributed by atoms with E-state index in [-0.39, 0.29) is 16.4 Å². The van der Waals surface area contributed by atoms with Gasteiger partial charge in [0.05, 0.1) is 18.1 Å². The fraction of sp³-hybridized carbons (Fsp3) is 0.500. The van der Waals surface area contributed by atoms with Crippen LogP contribution in [0.4, 0.5) is 23.0 Å². The summed E-state index contributed by atoms with van der Waals surface area (Å²) in [4.78, 5) is 26.4. The second kappa shape index (κ2) is 9.68. The minimum Gasteiger partial charge on any atom is -0.379 e. The largest absolute Gasteiger partial charge is 0.379 e. The molecule has 10 heteroatoms. The van der Waals surface area contributed by atoms with E-state index >= 15 is 0 Å². The highest BCUT2D eigenvalue weighted by Crippen LogP contribution is 2.32. The van der Waals surface area contributed by atoms with Crippen molar-refractivity contribution >= 4 is 23.0 Å². The van der Waals surface area contributed by atoms with Gasteiger partial charge in [0.15, 0.2) is 0 Å². The number of nitrogens with zero attached hydrogens (tertiary/aromatic N) is 6. The van der Waals surface area contributed by atoms with E-state index in [2.05, 4.69) is 37.2 Å². The molecule has 4 rings (SSSR count). The normalized spacial score (nSPS) is 17.7. The maximum absolute atomic E-state index is 11.9. The van der Waals surface area contributed by atoms with E-state index in [1.165, 1.54) is 12.0 Å². The van der Waals surface area contributed by atoms with Crippen molar-refractivity contribution in [1.82, 2.24) is 14.9 Å². The summed E-state index contributed by atoms with van der Waals surface area (Å²) in [5, 5.41) is 15.0. The van der Waals surface area contributed by atoms with E-state index in [1.54, 1.807) is 0 Å². The van der Waals surface area contributed by atoms with Crippen LogP contribution in [0.3, 0.4) is 0 Å². The lowest BCUT2D eigenvalue weighted by Crippen LogP contribution is -2.47. The Morgan fingerprint density at radius 2 is 1.70 bits per heavy atom. The lowest BCUT2D eigenvalue weighted by atomic mass is 10.2. The van der Waals surface area contributed by atoms with Gasteiger partial charge in [0.1, 0.15) is 6.33 Å². The Labute approximate surface area is 175 Å². The van der Waals surface area contributed by atoms with E-state index in [9.17, 15) is 10.1 Å². The molecule has 0 aliphatic carbocycles. The lowest BCUT2D eigenvalue weighted by Gasteiger charge is -2.36. The predicted octanol–water partition coefficient (Wildman–Crippen LogP) is 1.46. The number of ether oxygens (including phenoxy) is 1. The zero-order valence-electron chi connectivity index (χ0n) is 16.9. The van der Waals surface area contributed by atoms with Gasteiger partial charge in [-0.1, -0.05) is 18.2 Å². The molecular weight excluding hydrogens is 386 g/mol. The number of rotatable bonds is 7. The van der Waals surface area contributed by atoms with Gasteiger partial charge < -0.3 is 19.9 Å². The molecular formula is C20H27N7O3. The quantitative estimate of drug-likeness (QED) is 0.534. The molecule has 2 aliphatic rings. The Kier molecular flexibility index (Phi) is 6.55. The Balaban J connectivity index is 1.41. The van der Waals surface area contributed by atoms with Crippen LogP contribution in [0.1, 0.15) is 0 Å². The molecule has 0 bridgehead atoms. The molecule has 0 unspecified atom stereocenters. The maximum Gasteiger partial charge on any atom is 0.353 e. The van der Waals surface area contributed by atoms with Crippen LogP contribution in [0.5, 0.6) is 0 Å². The fourth-order valence-corrected chi connectivity index (χ4v) is 3.87. The molecule has 160 valence electrons. The van der Waals surface area contributed by atoms with Gasteiger partial charge in [0, 0.05) is 58.0 Å². The third kappa shape index (κ3) is 4.77. The van der Waals surface area contributed by atoms with Gasteiger partial charge in [-0.3, -0.25) is 15.0 Å². The third-order valence-corrected chi connectivity index (χ3v) is 5.51. The summed E-state index contributed by atoms with van der Waals surface area (Å²) >= 11 is 0. The van der Waals surface area contributed by atoms with Crippen LogP contribution in [-0.4, -0.2) is 85.4 Å². The summed E-state index contributed by atoms with van der Waals surface area (Å²) in [6.07, 6.45) is 1.41. The van der Waals surface area contributed by atoms with Crippen molar-refractivity contribution in [3.8, 4) is 0 Å². The zero-order valence-corrected chi connectivity index (χ0v) is 16.9. The smallest absolute Gasteiger partial charge is 0.353 e. The van der Waals surface area contributed by atoms with Gasteiger partial charge in [-0.25, -0.2) is 9.97 Å². The molecule has 2 aromatic rings. The Morgan fingerprint density at radius 1 is 1.00 bits per heavy atom. The number of benzene rings is 1. The second-order valence-corrected chi connectivity index (χ2v) is 7.34. The summed E-state index contributed by atoms with van der Waals surface area (Å²) in [6.45, 7) is 7.49. The van der Waals surface area contributed by atoms with Crippen molar-refractivity contribution < 1.29 is 9.66 Å². The van der Waals surface area contributed by atoms with Crippen LogP contribution in [0.2, 0.25) is 0 Å². The summed E-state index contributed by atoms with van der Waals surface area (Å²) in [6, 6.07) is 10.2. The van der Waals surface area contributed by atoms with E-state index in [0.717, 1.165) is 45.9 Å². The average Bonchev–Trinajstić information content (AvgIpc) is 2.80. The second-order valence-electron chi connectivity index (χ2n) is 7.34. The van der Waals surface area contributed by atoms with Gasteiger partial charge in [0.2, 0.25) is 11.6 Å². The molecule has 1 aromatic carbocycles. The number of nitro groups is 1. The molecule has 3 heterocycles. The monoisotopic (exact) mass is 413 g/mol. The molecule has 0 radical (unpaired) electrons. The SMILES string of the molecule is O=[N+]([O-])c1c(NCCN2CCOCC2)ncnc1N1CCN(c2ccccc2)CC1. The van der Waals surface area contributed by atoms with Gasteiger partial charge in [0.25, 0.3) is 0 Å². The molecule has 10 nitrogen and oxygen atoms in total. The van der Waals surface area contributed by atoms with Crippen molar-refractivity contribution in [2.75, 3.05) is 80.7 Å². The molecule has 0 amide bonds. The Bertz CT molecular complexity index is 838. The average molecular weight is 413 g/mol. The molecule has 0 saturated carbocycles. The number of para-hydroxylation sites is 1. The molecule has 30 heavy (non-hydrogen) atoms. The topological polar surface area (TPSA) is 99.9 Å². The molecule has 2 saturated heterocycles. The van der Waals surface area contributed by atoms with Crippen molar-refractivity contribution in [3.63, 3.8) is 0 Å². The number of morpholine rings is 1.